The van der Waals surface area contributed by atoms with Crippen molar-refractivity contribution in [3.63, 3.8) is 0 Å². The van der Waals surface area contributed by atoms with E-state index >= 15 is 0 Å². The summed E-state index contributed by atoms with van der Waals surface area (Å²) in [6.45, 7) is 3.64. The number of hydrogen-bond donors (Lipinski definition) is 1. The summed E-state index contributed by atoms with van der Waals surface area (Å²) < 4.78 is 24.1. The van der Waals surface area contributed by atoms with Crippen LogP contribution in [-0.4, -0.2) is 30.9 Å². The summed E-state index contributed by atoms with van der Waals surface area (Å²) in [5, 5.41) is 8.91. The summed E-state index contributed by atoms with van der Waals surface area (Å²) in [7, 11) is -3.44. The summed E-state index contributed by atoms with van der Waals surface area (Å²) in [5.74, 6) is -0.265. The van der Waals surface area contributed by atoms with E-state index in [0.29, 0.717) is 0 Å². The zero-order chi connectivity index (χ0) is 20.1. The Morgan fingerprint density at radius 3 is 2.32 bits per heavy atom. The third-order valence-electron chi connectivity index (χ3n) is 4.53. The molecule has 0 saturated heterocycles. The molecule has 0 aliphatic carbocycles. The predicted octanol–water partition coefficient (Wildman–Crippen LogP) is 4.30. The number of aryl methyl sites for hydroxylation is 2. The Morgan fingerprint density at radius 1 is 0.929 bits per heavy atom. The number of aromatic nitrogens is 1. The fourth-order valence-electron chi connectivity index (χ4n) is 2.92. The van der Waals surface area contributed by atoms with Crippen molar-refractivity contribution in [2.24, 2.45) is 0 Å². The quantitative estimate of drug-likeness (QED) is 0.678. The molecule has 3 aromatic rings. The summed E-state index contributed by atoms with van der Waals surface area (Å²) in [4.78, 5) is 4.71. The minimum atomic E-state index is -3.44. The second-order valence-corrected chi connectivity index (χ2v) is 8.78. The zero-order valence-corrected chi connectivity index (χ0v) is 16.8. The van der Waals surface area contributed by atoms with E-state index < -0.39 is 9.84 Å². The Hall–Kier alpha value is -2.76. The van der Waals surface area contributed by atoms with Crippen LogP contribution in [0, 0.1) is 13.8 Å². The van der Waals surface area contributed by atoms with Gasteiger partial charge in [-0.05, 0) is 72.5 Å². The SMILES string of the molecule is Cc1cccc(/C=C\c2cc(-c3ccc(S(=O)(=O)CCO)cc3)ccc2C)n1. The van der Waals surface area contributed by atoms with E-state index in [9.17, 15) is 8.42 Å². The van der Waals surface area contributed by atoms with Gasteiger partial charge in [0.1, 0.15) is 0 Å². The number of hydrogen-bond acceptors (Lipinski definition) is 4. The highest BCUT2D eigenvalue weighted by molar-refractivity contribution is 7.91. The molecule has 28 heavy (non-hydrogen) atoms. The molecule has 0 radical (unpaired) electrons. The van der Waals surface area contributed by atoms with Crippen LogP contribution in [0.5, 0.6) is 0 Å². The van der Waals surface area contributed by atoms with Crippen molar-refractivity contribution >= 4 is 22.0 Å². The maximum Gasteiger partial charge on any atom is 0.180 e. The van der Waals surface area contributed by atoms with Gasteiger partial charge in [-0.1, -0.05) is 36.4 Å². The number of sulfone groups is 1. The lowest BCUT2D eigenvalue weighted by molar-refractivity contribution is 0.319. The number of rotatable bonds is 6. The lowest BCUT2D eigenvalue weighted by atomic mass is 9.99. The average Bonchev–Trinajstić information content (AvgIpc) is 2.67. The number of aliphatic hydroxyl groups is 1. The topological polar surface area (TPSA) is 67.3 Å². The van der Waals surface area contributed by atoms with E-state index in [1.807, 2.05) is 43.3 Å². The first-order valence-electron chi connectivity index (χ1n) is 9.05. The van der Waals surface area contributed by atoms with Gasteiger partial charge in [0.25, 0.3) is 0 Å². The van der Waals surface area contributed by atoms with E-state index in [0.717, 1.165) is 33.6 Å². The van der Waals surface area contributed by atoms with Gasteiger partial charge in [0, 0.05) is 5.69 Å². The molecule has 0 saturated carbocycles. The second kappa shape index (κ2) is 8.50. The smallest absolute Gasteiger partial charge is 0.180 e. The van der Waals surface area contributed by atoms with Crippen molar-refractivity contribution in [1.82, 2.24) is 4.98 Å². The fraction of sp³-hybridized carbons (Fsp3) is 0.174. The molecule has 0 spiro atoms. The van der Waals surface area contributed by atoms with Gasteiger partial charge >= 0.3 is 0 Å². The molecule has 5 heteroatoms. The molecule has 1 aromatic heterocycles. The molecule has 4 nitrogen and oxygen atoms in total. The molecule has 3 rings (SSSR count). The van der Waals surface area contributed by atoms with Gasteiger partial charge in [-0.15, -0.1) is 0 Å². The first-order chi connectivity index (χ1) is 13.4. The first-order valence-corrected chi connectivity index (χ1v) is 10.7. The number of nitrogens with zero attached hydrogens (tertiary/aromatic N) is 1. The third-order valence-corrected chi connectivity index (χ3v) is 6.24. The number of aliphatic hydroxyl groups excluding tert-OH is 1. The van der Waals surface area contributed by atoms with Crippen molar-refractivity contribution in [3.8, 4) is 11.1 Å². The Bertz CT molecular complexity index is 1100. The van der Waals surface area contributed by atoms with Crippen molar-refractivity contribution in [2.75, 3.05) is 12.4 Å². The summed E-state index contributed by atoms with van der Waals surface area (Å²) >= 11 is 0. The van der Waals surface area contributed by atoms with Crippen LogP contribution in [0.15, 0.2) is 65.6 Å². The fourth-order valence-corrected chi connectivity index (χ4v) is 3.95. The molecule has 0 aliphatic heterocycles. The van der Waals surface area contributed by atoms with Gasteiger partial charge in [-0.2, -0.15) is 0 Å². The molecule has 0 fully saturated rings. The van der Waals surface area contributed by atoms with E-state index in [1.165, 1.54) is 0 Å². The number of benzene rings is 2. The van der Waals surface area contributed by atoms with Gasteiger partial charge in [-0.25, -0.2) is 8.42 Å². The highest BCUT2D eigenvalue weighted by Crippen LogP contribution is 2.25. The van der Waals surface area contributed by atoms with Crippen LogP contribution in [0.25, 0.3) is 23.3 Å². The minimum Gasteiger partial charge on any atom is -0.395 e. The number of pyridine rings is 1. The van der Waals surface area contributed by atoms with Crippen molar-refractivity contribution in [2.45, 2.75) is 18.7 Å². The highest BCUT2D eigenvalue weighted by Gasteiger charge is 2.13. The first kappa shape index (κ1) is 20.0. The van der Waals surface area contributed by atoms with Crippen molar-refractivity contribution < 1.29 is 13.5 Å². The van der Waals surface area contributed by atoms with Gasteiger partial charge in [-0.3, -0.25) is 4.98 Å². The lowest BCUT2D eigenvalue weighted by Gasteiger charge is -2.08. The Balaban J connectivity index is 1.89. The monoisotopic (exact) mass is 393 g/mol. The predicted molar refractivity (Wildman–Crippen MR) is 114 cm³/mol. The van der Waals surface area contributed by atoms with E-state index in [2.05, 4.69) is 24.0 Å². The molecule has 1 N–H and O–H groups in total. The van der Waals surface area contributed by atoms with Crippen LogP contribution >= 0.6 is 0 Å². The van der Waals surface area contributed by atoms with E-state index in [1.54, 1.807) is 24.3 Å². The highest BCUT2D eigenvalue weighted by atomic mass is 32.2. The third kappa shape index (κ3) is 4.74. The molecule has 1 heterocycles. The molecule has 0 atom stereocenters. The molecule has 144 valence electrons. The average molecular weight is 394 g/mol. The Kier molecular flexibility index (Phi) is 6.07. The normalized spacial score (nSPS) is 11.8. The standard InChI is InChI=1S/C23H23NO3S/c1-17-6-7-21(16-20(17)8-11-22-5-3-4-18(2)24-22)19-9-12-23(13-10-19)28(26,27)15-14-25/h3-13,16,25H,14-15H2,1-2H3/b11-8-. The summed E-state index contributed by atoms with van der Waals surface area (Å²) in [5.41, 5.74) is 6.06. The van der Waals surface area contributed by atoms with Crippen LogP contribution in [0.1, 0.15) is 22.5 Å². The van der Waals surface area contributed by atoms with Gasteiger partial charge < -0.3 is 5.11 Å². The van der Waals surface area contributed by atoms with E-state index in [4.69, 9.17) is 5.11 Å². The Labute approximate surface area is 166 Å². The lowest BCUT2D eigenvalue weighted by Crippen LogP contribution is -2.09. The van der Waals surface area contributed by atoms with Gasteiger partial charge in [0.2, 0.25) is 0 Å². The van der Waals surface area contributed by atoms with Crippen LogP contribution in [-0.2, 0) is 9.84 Å². The summed E-state index contributed by atoms with van der Waals surface area (Å²) in [6, 6.07) is 18.8. The van der Waals surface area contributed by atoms with Crippen LogP contribution < -0.4 is 0 Å². The van der Waals surface area contributed by atoms with Crippen LogP contribution in [0.3, 0.4) is 0 Å². The molecular formula is C23H23NO3S. The van der Waals surface area contributed by atoms with E-state index in [-0.39, 0.29) is 17.3 Å². The molecule has 0 amide bonds. The molecule has 0 aliphatic rings. The van der Waals surface area contributed by atoms with Gasteiger partial charge in [0.15, 0.2) is 9.84 Å². The Morgan fingerprint density at radius 2 is 1.64 bits per heavy atom. The molecular weight excluding hydrogens is 370 g/mol. The second-order valence-electron chi connectivity index (χ2n) is 6.68. The van der Waals surface area contributed by atoms with Crippen LogP contribution in [0.4, 0.5) is 0 Å². The van der Waals surface area contributed by atoms with Crippen molar-refractivity contribution in [1.29, 1.82) is 0 Å². The maximum atomic E-state index is 12.0. The minimum absolute atomic E-state index is 0.225. The maximum absolute atomic E-state index is 12.0. The largest absolute Gasteiger partial charge is 0.395 e. The van der Waals surface area contributed by atoms with Crippen LogP contribution in [0.2, 0.25) is 0 Å². The van der Waals surface area contributed by atoms with Crippen molar-refractivity contribution in [3.05, 3.63) is 83.2 Å². The molecule has 0 unspecified atom stereocenters. The zero-order valence-electron chi connectivity index (χ0n) is 16.0. The molecule has 2 aromatic carbocycles. The van der Waals surface area contributed by atoms with Gasteiger partial charge in [0.05, 0.1) is 22.9 Å². The summed E-state index contributed by atoms with van der Waals surface area (Å²) in [6.07, 6.45) is 4.03. The molecule has 0 bridgehead atoms.